The van der Waals surface area contributed by atoms with Crippen LogP contribution in [-0.4, -0.2) is 4.98 Å². The van der Waals surface area contributed by atoms with Crippen LogP contribution in [0.25, 0.3) is 10.6 Å². The molecule has 2 nitrogen and oxygen atoms in total. The van der Waals surface area contributed by atoms with Gasteiger partial charge in [0.2, 0.25) is 0 Å². The Morgan fingerprint density at radius 2 is 1.60 bits per heavy atom. The van der Waals surface area contributed by atoms with Crippen LogP contribution in [0.15, 0.2) is 83.6 Å². The molecule has 0 bridgehead atoms. The zero-order valence-electron chi connectivity index (χ0n) is 13.7. The van der Waals surface area contributed by atoms with E-state index in [4.69, 9.17) is 4.98 Å². The van der Waals surface area contributed by atoms with Crippen LogP contribution < -0.4 is 5.32 Å². The lowest BCUT2D eigenvalue weighted by Crippen LogP contribution is -2.83. The maximum Gasteiger partial charge on any atom is 0.147 e. The van der Waals surface area contributed by atoms with E-state index < -0.39 is 0 Å². The van der Waals surface area contributed by atoms with Gasteiger partial charge in [-0.2, -0.15) is 0 Å². The summed E-state index contributed by atoms with van der Waals surface area (Å²) < 4.78 is 0. The molecule has 2 heterocycles. The van der Waals surface area contributed by atoms with E-state index in [1.54, 1.807) is 11.3 Å². The van der Waals surface area contributed by atoms with Crippen molar-refractivity contribution in [3.8, 4) is 10.6 Å². The summed E-state index contributed by atoms with van der Waals surface area (Å²) in [7, 11) is 0. The third-order valence-electron chi connectivity index (χ3n) is 4.14. The normalized spacial score (nSPS) is 12.2. The Kier molecular flexibility index (Phi) is 5.02. The van der Waals surface area contributed by atoms with Gasteiger partial charge >= 0.3 is 0 Å². The number of hydrogen-bond acceptors (Lipinski definition) is 3. The van der Waals surface area contributed by atoms with Crippen molar-refractivity contribution < 1.29 is 5.32 Å². The lowest BCUT2D eigenvalue weighted by Gasteiger charge is -2.14. The van der Waals surface area contributed by atoms with Gasteiger partial charge in [0.1, 0.15) is 23.3 Å². The van der Waals surface area contributed by atoms with Crippen LogP contribution in [0.4, 0.5) is 0 Å². The van der Waals surface area contributed by atoms with Crippen LogP contribution in [0.5, 0.6) is 0 Å². The van der Waals surface area contributed by atoms with Gasteiger partial charge in [0.25, 0.3) is 0 Å². The van der Waals surface area contributed by atoms with Gasteiger partial charge in [0.05, 0.1) is 4.88 Å². The summed E-state index contributed by atoms with van der Waals surface area (Å²) in [6, 6.07) is 25.8. The number of rotatable bonds is 6. The molecular weight excluding hydrogens is 344 g/mol. The first-order chi connectivity index (χ1) is 12.4. The largest absolute Gasteiger partial charge is 0.331 e. The lowest BCUT2D eigenvalue weighted by atomic mass is 10.1. The summed E-state index contributed by atoms with van der Waals surface area (Å²) in [5, 5.41) is 7.80. The zero-order chi connectivity index (χ0) is 16.9. The molecule has 0 radical (unpaired) electrons. The van der Waals surface area contributed by atoms with Gasteiger partial charge < -0.3 is 5.32 Å². The third kappa shape index (κ3) is 3.87. The van der Waals surface area contributed by atoms with Crippen molar-refractivity contribution in [1.29, 1.82) is 0 Å². The highest BCUT2D eigenvalue weighted by atomic mass is 32.1. The van der Waals surface area contributed by atoms with Gasteiger partial charge in [-0.15, -0.1) is 22.7 Å². The number of nitrogens with zero attached hydrogens (tertiary/aromatic N) is 1. The molecule has 0 amide bonds. The van der Waals surface area contributed by atoms with E-state index in [-0.39, 0.29) is 0 Å². The molecule has 0 unspecified atom stereocenters. The summed E-state index contributed by atoms with van der Waals surface area (Å²) in [6.45, 7) is 0.876. The maximum absolute atomic E-state index is 4.82. The number of aromatic nitrogens is 1. The summed E-state index contributed by atoms with van der Waals surface area (Å²) in [4.78, 5) is 6.20. The Bertz CT molecular complexity index is 900. The SMILES string of the molecule is c1ccc(-c2nc(C[NH2+][C@H](c3ccccc3)c3cccs3)cs2)cc1. The van der Waals surface area contributed by atoms with Crippen LogP contribution in [-0.2, 0) is 6.54 Å². The van der Waals surface area contributed by atoms with Gasteiger partial charge in [-0.25, -0.2) is 4.98 Å². The Labute approximate surface area is 155 Å². The van der Waals surface area contributed by atoms with E-state index in [2.05, 4.69) is 82.8 Å². The highest BCUT2D eigenvalue weighted by Gasteiger charge is 2.19. The summed E-state index contributed by atoms with van der Waals surface area (Å²) in [5.74, 6) is 0. The van der Waals surface area contributed by atoms with Crippen molar-refractivity contribution in [2.75, 3.05) is 0 Å². The topological polar surface area (TPSA) is 29.5 Å². The first kappa shape index (κ1) is 16.2. The van der Waals surface area contributed by atoms with Crippen molar-refractivity contribution in [1.82, 2.24) is 4.98 Å². The lowest BCUT2D eigenvalue weighted by molar-refractivity contribution is -0.702. The summed E-state index contributed by atoms with van der Waals surface area (Å²) >= 11 is 3.53. The molecular formula is C21H19N2S2+. The van der Waals surface area contributed by atoms with Gasteiger partial charge in [-0.1, -0.05) is 66.7 Å². The van der Waals surface area contributed by atoms with Gasteiger partial charge in [-0.05, 0) is 11.4 Å². The quantitative estimate of drug-likeness (QED) is 0.527. The molecule has 0 aliphatic rings. The fourth-order valence-electron chi connectivity index (χ4n) is 2.90. The van der Waals surface area contributed by atoms with E-state index in [1.165, 1.54) is 16.0 Å². The number of quaternary nitrogens is 1. The molecule has 2 aromatic heterocycles. The number of thiazole rings is 1. The first-order valence-electron chi connectivity index (χ1n) is 8.31. The minimum Gasteiger partial charge on any atom is -0.331 e. The second-order valence-electron chi connectivity index (χ2n) is 5.85. The van der Waals surface area contributed by atoms with Gasteiger partial charge in [0.15, 0.2) is 0 Å². The average Bonchev–Trinajstić information content (AvgIpc) is 3.36. The second-order valence-corrected chi connectivity index (χ2v) is 7.69. The Balaban J connectivity index is 1.51. The Morgan fingerprint density at radius 3 is 2.32 bits per heavy atom. The Morgan fingerprint density at radius 1 is 0.840 bits per heavy atom. The fraction of sp³-hybridized carbons (Fsp3) is 0.0952. The molecule has 2 N–H and O–H groups in total. The maximum atomic E-state index is 4.82. The highest BCUT2D eigenvalue weighted by molar-refractivity contribution is 7.13. The van der Waals surface area contributed by atoms with Crippen LogP contribution in [0.2, 0.25) is 0 Å². The van der Waals surface area contributed by atoms with Crippen LogP contribution in [0.3, 0.4) is 0 Å². The average molecular weight is 364 g/mol. The molecule has 124 valence electrons. The standard InChI is InChI=1S/C21H18N2S2/c1-3-8-16(9-4-1)20(19-12-7-13-24-19)22-14-18-15-25-21(23-18)17-10-5-2-6-11-17/h1-13,15,20,22H,14H2/p+1/t20-/m1/s1. The molecule has 0 aliphatic carbocycles. The number of hydrogen-bond donors (Lipinski definition) is 1. The van der Waals surface area contributed by atoms with Gasteiger partial charge in [-0.3, -0.25) is 0 Å². The smallest absolute Gasteiger partial charge is 0.147 e. The van der Waals surface area contributed by atoms with Crippen LogP contribution >= 0.6 is 22.7 Å². The summed E-state index contributed by atoms with van der Waals surface area (Å²) in [6.07, 6.45) is 0. The molecule has 0 saturated heterocycles. The van der Waals surface area contributed by atoms with Crippen molar-refractivity contribution in [3.63, 3.8) is 0 Å². The molecule has 4 aromatic rings. The van der Waals surface area contributed by atoms with E-state index in [0.717, 1.165) is 17.2 Å². The third-order valence-corrected chi connectivity index (χ3v) is 6.04. The van der Waals surface area contributed by atoms with Crippen LogP contribution in [0, 0.1) is 0 Å². The first-order valence-corrected chi connectivity index (χ1v) is 10.1. The molecule has 4 heteroatoms. The minimum atomic E-state index is 0.322. The molecule has 0 aliphatic heterocycles. The number of thiophene rings is 1. The number of nitrogens with two attached hydrogens (primary N) is 1. The van der Waals surface area contributed by atoms with Crippen molar-refractivity contribution in [2.24, 2.45) is 0 Å². The molecule has 0 spiro atoms. The predicted molar refractivity (Wildman–Crippen MR) is 106 cm³/mol. The molecule has 25 heavy (non-hydrogen) atoms. The fourth-order valence-corrected chi connectivity index (χ4v) is 4.59. The molecule has 1 atom stereocenters. The van der Waals surface area contributed by atoms with E-state index in [9.17, 15) is 0 Å². The van der Waals surface area contributed by atoms with E-state index >= 15 is 0 Å². The van der Waals surface area contributed by atoms with Crippen molar-refractivity contribution in [3.05, 3.63) is 99.7 Å². The second kappa shape index (κ2) is 7.74. The number of benzene rings is 2. The molecule has 2 aromatic carbocycles. The van der Waals surface area contributed by atoms with Gasteiger partial charge in [0, 0.05) is 16.5 Å². The summed E-state index contributed by atoms with van der Waals surface area (Å²) in [5.41, 5.74) is 3.67. The monoisotopic (exact) mass is 363 g/mol. The molecule has 0 fully saturated rings. The van der Waals surface area contributed by atoms with Crippen LogP contribution in [0.1, 0.15) is 22.2 Å². The van der Waals surface area contributed by atoms with Crippen molar-refractivity contribution in [2.45, 2.75) is 12.6 Å². The zero-order valence-corrected chi connectivity index (χ0v) is 15.3. The molecule has 0 saturated carbocycles. The van der Waals surface area contributed by atoms with E-state index in [0.29, 0.717) is 6.04 Å². The molecule has 4 rings (SSSR count). The minimum absolute atomic E-state index is 0.322. The highest BCUT2D eigenvalue weighted by Crippen LogP contribution is 2.24. The van der Waals surface area contributed by atoms with E-state index in [1.807, 2.05) is 17.4 Å². The van der Waals surface area contributed by atoms with Crippen molar-refractivity contribution >= 4 is 22.7 Å². The predicted octanol–water partition coefficient (Wildman–Crippen LogP) is 4.72. The Hall–Kier alpha value is -2.27.